The first-order valence-electron chi connectivity index (χ1n) is 8.36. The van der Waals surface area contributed by atoms with Crippen molar-refractivity contribution in [3.8, 4) is 17.3 Å². The first-order chi connectivity index (χ1) is 13.2. The number of carbonyl (C=O) groups excluding carboxylic acids is 1. The summed E-state index contributed by atoms with van der Waals surface area (Å²) in [6, 6.07) is 5.93. The third kappa shape index (κ3) is 3.57. The number of aromatic nitrogens is 3. The molecule has 0 aliphatic rings. The van der Waals surface area contributed by atoms with E-state index in [0.717, 1.165) is 12.1 Å². The number of ether oxygens (including phenoxy) is 1. The summed E-state index contributed by atoms with van der Waals surface area (Å²) in [6.45, 7) is 3.73. The van der Waals surface area contributed by atoms with Crippen LogP contribution in [-0.2, 0) is 5.97 Å². The predicted octanol–water partition coefficient (Wildman–Crippen LogP) is 2.22. The molecule has 0 saturated carbocycles. The minimum absolute atomic E-state index is 0.0617. The highest BCUT2D eigenvalue weighted by Crippen LogP contribution is 2.33. The first-order valence-corrected chi connectivity index (χ1v) is 8.36. The van der Waals surface area contributed by atoms with Gasteiger partial charge in [-0.2, -0.15) is 4.39 Å². The summed E-state index contributed by atoms with van der Waals surface area (Å²) in [6.07, 6.45) is 3.29. The number of benzene rings is 1. The molecule has 2 aromatic heterocycles. The maximum Gasteiger partial charge on any atom is 0.355 e. The van der Waals surface area contributed by atoms with Crippen molar-refractivity contribution in [2.75, 3.05) is 0 Å². The molecule has 3 N–H and O–H groups in total. The number of carbonyl (C=O) groups is 1. The molecule has 0 saturated heterocycles. The maximum atomic E-state index is 13.8. The van der Waals surface area contributed by atoms with Crippen LogP contribution in [0, 0.1) is 5.95 Å². The molecule has 0 fully saturated rings. The number of pyridine rings is 1. The average molecular weight is 387 g/mol. The Hall–Kier alpha value is -3.30. The van der Waals surface area contributed by atoms with Gasteiger partial charge in [0.05, 0.1) is 11.1 Å². The number of aromatic hydroxyl groups is 1. The van der Waals surface area contributed by atoms with E-state index in [1.54, 1.807) is 0 Å². The third-order valence-corrected chi connectivity index (χ3v) is 4.02. The number of phenolic OH excluding ortho intramolecular Hbond substituents is 1. The highest BCUT2D eigenvalue weighted by Gasteiger charge is 2.35. The normalized spacial score (nSPS) is 11.6. The van der Waals surface area contributed by atoms with Crippen LogP contribution in [0.25, 0.3) is 5.82 Å². The Kier molecular flexibility index (Phi) is 5.12. The van der Waals surface area contributed by atoms with E-state index in [1.165, 1.54) is 35.2 Å². The summed E-state index contributed by atoms with van der Waals surface area (Å²) in [5.74, 6) is -4.18. The zero-order valence-corrected chi connectivity index (χ0v) is 15.1. The predicted molar refractivity (Wildman–Crippen MR) is 95.6 cm³/mol. The summed E-state index contributed by atoms with van der Waals surface area (Å²) in [4.78, 5) is 19.2. The van der Waals surface area contributed by atoms with E-state index < -0.39 is 17.7 Å². The van der Waals surface area contributed by atoms with Gasteiger partial charge in [-0.3, -0.25) is 9.36 Å². The molecule has 28 heavy (non-hydrogen) atoms. The van der Waals surface area contributed by atoms with E-state index in [-0.39, 0.29) is 28.6 Å². The molecular weight excluding hydrogens is 369 g/mol. The number of hydrogen-bond acceptors (Lipinski definition) is 7. The Morgan fingerprint density at radius 2 is 2.00 bits per heavy atom. The van der Waals surface area contributed by atoms with Crippen LogP contribution >= 0.6 is 0 Å². The minimum Gasteiger partial charge on any atom is -0.507 e. The summed E-state index contributed by atoms with van der Waals surface area (Å²) >= 11 is 0. The molecule has 0 amide bonds. The van der Waals surface area contributed by atoms with Gasteiger partial charge in [-0.05, 0) is 24.3 Å². The standard InChI is InChI=1S/C19H18FN3O5/c1-11(2)17-21-8-9-23(17)18-13(6-7-16(20)22-18)19(26,27)28-15-5-3-4-14(25)12(15)10-24/h3-11,25-27H,1-2H3. The molecule has 1 aromatic carbocycles. The van der Waals surface area contributed by atoms with Crippen LogP contribution in [0.4, 0.5) is 4.39 Å². The van der Waals surface area contributed by atoms with Crippen molar-refractivity contribution in [1.29, 1.82) is 0 Å². The van der Waals surface area contributed by atoms with Crippen molar-refractivity contribution in [3.63, 3.8) is 0 Å². The molecule has 0 radical (unpaired) electrons. The van der Waals surface area contributed by atoms with Gasteiger partial charge in [-0.15, -0.1) is 0 Å². The van der Waals surface area contributed by atoms with Crippen molar-refractivity contribution < 1.29 is 29.2 Å². The van der Waals surface area contributed by atoms with Crippen LogP contribution in [0.2, 0.25) is 0 Å². The van der Waals surface area contributed by atoms with Gasteiger partial charge < -0.3 is 20.1 Å². The molecule has 0 bridgehead atoms. The lowest BCUT2D eigenvalue weighted by Gasteiger charge is -2.26. The topological polar surface area (TPSA) is 118 Å². The van der Waals surface area contributed by atoms with E-state index in [2.05, 4.69) is 9.97 Å². The lowest BCUT2D eigenvalue weighted by Crippen LogP contribution is -2.34. The summed E-state index contributed by atoms with van der Waals surface area (Å²) in [5, 5.41) is 30.9. The fourth-order valence-corrected chi connectivity index (χ4v) is 2.73. The van der Waals surface area contributed by atoms with Crippen LogP contribution in [0.1, 0.15) is 41.5 Å². The van der Waals surface area contributed by atoms with Crippen LogP contribution in [0.15, 0.2) is 42.7 Å². The highest BCUT2D eigenvalue weighted by atomic mass is 19.1. The molecular formula is C19H18FN3O5. The molecule has 0 aliphatic carbocycles. The molecule has 9 heteroatoms. The molecule has 0 unspecified atom stereocenters. The van der Waals surface area contributed by atoms with Gasteiger partial charge in [0.2, 0.25) is 5.95 Å². The van der Waals surface area contributed by atoms with Crippen LogP contribution in [0.3, 0.4) is 0 Å². The monoisotopic (exact) mass is 387 g/mol. The Bertz CT molecular complexity index is 1020. The minimum atomic E-state index is -2.99. The molecule has 2 heterocycles. The van der Waals surface area contributed by atoms with Gasteiger partial charge in [0.15, 0.2) is 12.1 Å². The Balaban J connectivity index is 2.12. The van der Waals surface area contributed by atoms with E-state index in [9.17, 15) is 24.5 Å². The SMILES string of the molecule is CC(C)c1nccn1-c1nc(F)ccc1C(O)(O)Oc1cccc(O)c1C=O. The second kappa shape index (κ2) is 7.37. The van der Waals surface area contributed by atoms with Crippen molar-refractivity contribution in [3.05, 3.63) is 65.6 Å². The van der Waals surface area contributed by atoms with E-state index in [4.69, 9.17) is 4.74 Å². The van der Waals surface area contributed by atoms with E-state index in [1.807, 2.05) is 13.8 Å². The average Bonchev–Trinajstić information content (AvgIpc) is 3.11. The number of halogens is 1. The summed E-state index contributed by atoms with van der Waals surface area (Å²) in [5.41, 5.74) is -0.550. The van der Waals surface area contributed by atoms with Crippen LogP contribution in [-0.4, -0.2) is 36.1 Å². The molecule has 0 spiro atoms. The Morgan fingerprint density at radius 3 is 2.68 bits per heavy atom. The molecule has 3 aromatic rings. The van der Waals surface area contributed by atoms with Gasteiger partial charge in [0.25, 0.3) is 0 Å². The second-order valence-electron chi connectivity index (χ2n) is 6.33. The number of nitrogens with zero attached hydrogens (tertiary/aromatic N) is 3. The maximum absolute atomic E-state index is 13.8. The summed E-state index contributed by atoms with van der Waals surface area (Å²) in [7, 11) is 0. The first kappa shape index (κ1) is 19.5. The van der Waals surface area contributed by atoms with Crippen molar-refractivity contribution >= 4 is 6.29 Å². The quantitative estimate of drug-likeness (QED) is 0.337. The Labute approximate surface area is 159 Å². The fourth-order valence-electron chi connectivity index (χ4n) is 2.73. The number of hydrogen-bond donors (Lipinski definition) is 3. The lowest BCUT2D eigenvalue weighted by molar-refractivity contribution is -0.304. The number of imidazole rings is 1. The molecule has 0 aliphatic heterocycles. The zero-order chi connectivity index (χ0) is 20.5. The number of aliphatic hydroxyl groups is 2. The third-order valence-electron chi connectivity index (χ3n) is 4.02. The van der Waals surface area contributed by atoms with E-state index >= 15 is 0 Å². The molecule has 8 nitrogen and oxygen atoms in total. The van der Waals surface area contributed by atoms with Crippen molar-refractivity contribution in [1.82, 2.24) is 14.5 Å². The zero-order valence-electron chi connectivity index (χ0n) is 15.1. The smallest absolute Gasteiger partial charge is 0.355 e. The fraction of sp³-hybridized carbons (Fsp3) is 0.211. The number of aldehydes is 1. The largest absolute Gasteiger partial charge is 0.507 e. The Morgan fingerprint density at radius 1 is 1.25 bits per heavy atom. The number of phenols is 1. The van der Waals surface area contributed by atoms with Gasteiger partial charge >= 0.3 is 5.97 Å². The van der Waals surface area contributed by atoms with Gasteiger partial charge in [0, 0.05) is 18.3 Å². The lowest BCUT2D eigenvalue weighted by atomic mass is 10.1. The van der Waals surface area contributed by atoms with Crippen molar-refractivity contribution in [2.24, 2.45) is 0 Å². The van der Waals surface area contributed by atoms with Gasteiger partial charge in [-0.1, -0.05) is 19.9 Å². The highest BCUT2D eigenvalue weighted by molar-refractivity contribution is 5.83. The van der Waals surface area contributed by atoms with Crippen LogP contribution in [0.5, 0.6) is 11.5 Å². The van der Waals surface area contributed by atoms with Crippen LogP contribution < -0.4 is 4.74 Å². The van der Waals surface area contributed by atoms with Gasteiger partial charge in [-0.25, -0.2) is 9.97 Å². The van der Waals surface area contributed by atoms with Crippen molar-refractivity contribution in [2.45, 2.75) is 25.7 Å². The number of rotatable bonds is 6. The summed E-state index contributed by atoms with van der Waals surface area (Å²) < 4.78 is 20.4. The van der Waals surface area contributed by atoms with E-state index in [0.29, 0.717) is 12.1 Å². The second-order valence-corrected chi connectivity index (χ2v) is 6.33. The van der Waals surface area contributed by atoms with Gasteiger partial charge in [0.1, 0.15) is 17.3 Å². The molecule has 146 valence electrons. The molecule has 3 rings (SSSR count). The molecule has 0 atom stereocenters.